The first-order chi connectivity index (χ1) is 31.0. The van der Waals surface area contributed by atoms with Crippen LogP contribution in [-0.2, 0) is 53.6 Å². The molecule has 14 nitrogen and oxygen atoms in total. The molecule has 8 saturated carbocycles. The molecule has 8 fully saturated rings. The van der Waals surface area contributed by atoms with Crippen LogP contribution in [0.3, 0.4) is 0 Å². The maximum absolute atomic E-state index is 13.4. The minimum Gasteiger partial charge on any atom is -0.748 e. The Morgan fingerprint density at radius 3 is 0.957 bits per heavy atom. The Morgan fingerprint density at radius 2 is 0.757 bits per heavy atom. The number of hydrogen-bond donors (Lipinski definition) is 0. The molecule has 0 heterocycles. The van der Waals surface area contributed by atoms with Gasteiger partial charge in [0.25, 0.3) is 0 Å². The Labute approximate surface area is 415 Å². The maximum atomic E-state index is 13.4. The predicted molar refractivity (Wildman–Crippen MR) is 258 cm³/mol. The van der Waals surface area contributed by atoms with Crippen LogP contribution in [0.15, 0.2) is 41.4 Å². The van der Waals surface area contributed by atoms with Gasteiger partial charge in [-0.05, 0) is 159 Å². The van der Waals surface area contributed by atoms with Crippen LogP contribution >= 0.6 is 0 Å². The molecule has 0 unspecified atom stereocenters. The summed E-state index contributed by atoms with van der Waals surface area (Å²) in [7, 11) is -9.73. The molecule has 9 rings (SSSR count). The largest absolute Gasteiger partial charge is 0.748 e. The third kappa shape index (κ3) is 24.5. The van der Waals surface area contributed by atoms with Gasteiger partial charge in [0.2, 0.25) is 17.4 Å². The van der Waals surface area contributed by atoms with Crippen LogP contribution in [0.5, 0.6) is 5.75 Å². The SMILES string of the molecule is C1C2CC3CC1CC(C2)C3.C1C2CC3CC1CC(C2)C3.C=C(C)C(=O)OCC.C=C(C)C(=O)OCC(=O)OCC.C=C(C)C(=O)Oc1c(F)c(F)c(S(=O)(=O)[O-])c(F)c1F.CC.CS(=O)(=O)[O-].[CH3+].[CH3+].[CH3+]. The highest BCUT2D eigenvalue weighted by molar-refractivity contribution is 7.85. The fourth-order valence-corrected chi connectivity index (χ4v) is 10.4. The number of hydrogen-bond acceptors (Lipinski definition) is 14. The Kier molecular flexibility index (Phi) is 32.3. The van der Waals surface area contributed by atoms with Gasteiger partial charge < -0.3 is 28.1 Å². The molecule has 20 heteroatoms. The standard InChI is InChI=1S/C10H6F4O5S.2C10H16.C8H12O4.C6H10O2.C2H6.CH4O3S.3CH3/c1-3(2)10(15)19-8-4(11)6(13)9(20(16,17)18)7(14)5(8)12;2*1-7-2-9-4-8(1)5-10(3-7)6-9;1-4-11-7(9)5-12-8(10)6(2)3;1-4-8-6(7)5(2)3;1-2;1-5(2,3)4;;;/h1H2,2H3,(H,16,17,18);2*7-10H,1-6H2;2,4-5H2,1,3H3;2,4H2,1,3H3;1-2H3;1H3,(H,2,3,4);3*1H3/q;;;;;;;3*+1/p-2. The van der Waals surface area contributed by atoms with Crippen molar-refractivity contribution in [3.05, 3.63) is 82.0 Å². The second-order valence-electron chi connectivity index (χ2n) is 17.7. The first-order valence-electron chi connectivity index (χ1n) is 22.4. The number of benzene rings is 1. The summed E-state index contributed by atoms with van der Waals surface area (Å²) in [6.07, 6.45) is 19.9. The summed E-state index contributed by atoms with van der Waals surface area (Å²) in [4.78, 5) is 40.5. The van der Waals surface area contributed by atoms with Gasteiger partial charge >= 0.3 is 23.9 Å². The Hall–Kier alpha value is -4.53. The van der Waals surface area contributed by atoms with E-state index in [1.807, 2.05) is 13.8 Å². The van der Waals surface area contributed by atoms with E-state index in [1.165, 1.54) is 54.3 Å². The smallest absolute Gasteiger partial charge is 0.344 e. The Morgan fingerprint density at radius 1 is 0.514 bits per heavy atom. The fourth-order valence-electron chi connectivity index (χ4n) is 9.75. The fraction of sp³-hybridized carbons (Fsp3) is 0.620. The van der Waals surface area contributed by atoms with Crippen molar-refractivity contribution in [3.63, 3.8) is 0 Å². The summed E-state index contributed by atoms with van der Waals surface area (Å²) < 4.78 is 130. The highest BCUT2D eigenvalue weighted by atomic mass is 32.2. The van der Waals surface area contributed by atoms with Gasteiger partial charge in [-0.1, -0.05) is 33.6 Å². The van der Waals surface area contributed by atoms with Gasteiger partial charge in [-0.2, -0.15) is 8.78 Å². The monoisotopic (exact) mass is 1040 g/mol. The number of rotatable bonds is 9. The molecule has 0 spiro atoms. The second kappa shape index (κ2) is 32.4. The lowest BCUT2D eigenvalue weighted by molar-refractivity contribution is -0.156. The zero-order valence-corrected chi connectivity index (χ0v) is 44.5. The van der Waals surface area contributed by atoms with Crippen molar-refractivity contribution >= 4 is 44.1 Å². The first kappa shape index (κ1) is 69.7. The zero-order chi connectivity index (χ0) is 51.6. The summed E-state index contributed by atoms with van der Waals surface area (Å²) in [5, 5.41) is 0. The molecule has 0 atom stereocenters. The van der Waals surface area contributed by atoms with Gasteiger partial charge in [-0.3, -0.25) is 0 Å². The number of esters is 4. The summed E-state index contributed by atoms with van der Waals surface area (Å²) in [5.41, 5.74) is 0.372. The Balaban J connectivity index is -0.000000790. The first-order valence-corrected chi connectivity index (χ1v) is 25.7. The van der Waals surface area contributed by atoms with Crippen LogP contribution in [0.2, 0.25) is 0 Å². The minimum atomic E-state index is -5.81. The van der Waals surface area contributed by atoms with E-state index in [9.17, 15) is 49.7 Å². The van der Waals surface area contributed by atoms with Gasteiger partial charge in [0, 0.05) is 45.3 Å². The van der Waals surface area contributed by atoms with Crippen molar-refractivity contribution in [2.24, 2.45) is 47.3 Å². The highest BCUT2D eigenvalue weighted by Crippen LogP contribution is 2.54. The summed E-state index contributed by atoms with van der Waals surface area (Å²) in [6, 6.07) is 0. The van der Waals surface area contributed by atoms with E-state index >= 15 is 0 Å². The van der Waals surface area contributed by atoms with Gasteiger partial charge in [0.1, 0.15) is 15.0 Å². The number of carbonyl (C=O) groups excluding carboxylic acids is 4. The molecule has 70 heavy (non-hydrogen) atoms. The zero-order valence-electron chi connectivity index (χ0n) is 42.9. The van der Waals surface area contributed by atoms with Crippen LogP contribution in [0.1, 0.15) is 126 Å². The molecule has 400 valence electrons. The molecule has 0 amide bonds. The number of ether oxygens (including phenoxy) is 4. The van der Waals surface area contributed by atoms with Gasteiger partial charge in [0.15, 0.2) is 18.2 Å². The van der Waals surface area contributed by atoms with Crippen LogP contribution in [0.25, 0.3) is 0 Å². The molecule has 8 aliphatic carbocycles. The second-order valence-corrected chi connectivity index (χ2v) is 20.4. The molecule has 0 aromatic heterocycles. The summed E-state index contributed by atoms with van der Waals surface area (Å²) >= 11 is 0. The molecule has 1 aromatic rings. The molecular formula is C50H77F4O14S2+. The molecular weight excluding hydrogens is 965 g/mol. The number of carbonyl (C=O) groups is 4. The summed E-state index contributed by atoms with van der Waals surface area (Å²) in [5.74, 6) is -4.85. The molecule has 0 N–H and O–H groups in total. The number of halogens is 4. The van der Waals surface area contributed by atoms with Crippen molar-refractivity contribution in [3.8, 4) is 5.75 Å². The predicted octanol–water partition coefficient (Wildman–Crippen LogP) is 10.6. The van der Waals surface area contributed by atoms with Crippen LogP contribution in [-0.4, -0.2) is 75.9 Å². The highest BCUT2D eigenvalue weighted by Gasteiger charge is 2.43. The van der Waals surface area contributed by atoms with E-state index in [0.29, 0.717) is 18.4 Å². The topological polar surface area (TPSA) is 220 Å². The van der Waals surface area contributed by atoms with Crippen LogP contribution in [0, 0.1) is 92.9 Å². The van der Waals surface area contributed by atoms with Crippen molar-refractivity contribution in [2.75, 3.05) is 26.1 Å². The Bertz CT molecular complexity index is 1940. The molecule has 8 aliphatic rings. The summed E-state index contributed by atoms with van der Waals surface area (Å²) in [6.45, 7) is 21.8. The molecule has 0 aliphatic heterocycles. The lowest BCUT2D eigenvalue weighted by Crippen LogP contribution is -2.38. The third-order valence-electron chi connectivity index (χ3n) is 11.6. The van der Waals surface area contributed by atoms with Crippen LogP contribution < -0.4 is 4.74 Å². The van der Waals surface area contributed by atoms with E-state index < -0.39 is 72.1 Å². The van der Waals surface area contributed by atoms with Crippen LogP contribution in [0.4, 0.5) is 17.6 Å². The van der Waals surface area contributed by atoms with E-state index in [1.54, 1.807) is 97.8 Å². The van der Waals surface area contributed by atoms with Crippen molar-refractivity contribution in [1.29, 1.82) is 0 Å². The van der Waals surface area contributed by atoms with Crippen molar-refractivity contribution in [2.45, 2.75) is 130 Å². The lowest BCUT2D eigenvalue weighted by atomic mass is 9.56. The average Bonchev–Trinajstić information content (AvgIpc) is 3.20. The van der Waals surface area contributed by atoms with E-state index in [4.69, 9.17) is 13.0 Å². The maximum Gasteiger partial charge on any atom is 0.344 e. The average molecular weight is 1040 g/mol. The van der Waals surface area contributed by atoms with Crippen molar-refractivity contribution in [1.82, 2.24) is 0 Å². The van der Waals surface area contributed by atoms with Gasteiger partial charge in [0.05, 0.1) is 23.3 Å². The molecule has 0 radical (unpaired) electrons. The molecule has 1 aromatic carbocycles. The lowest BCUT2D eigenvalue weighted by Gasteiger charge is -2.49. The quantitative estimate of drug-likeness (QED) is 0.0328. The minimum absolute atomic E-state index is 0. The van der Waals surface area contributed by atoms with Crippen molar-refractivity contribution < 1.29 is 81.6 Å². The van der Waals surface area contributed by atoms with E-state index in [-0.39, 0.29) is 52.6 Å². The normalized spacial score (nSPS) is 23.1. The molecule has 0 saturated heterocycles. The van der Waals surface area contributed by atoms with Gasteiger partial charge in [-0.15, -0.1) is 0 Å². The third-order valence-corrected chi connectivity index (χ3v) is 12.4. The van der Waals surface area contributed by atoms with E-state index in [2.05, 4.69) is 38.7 Å². The van der Waals surface area contributed by atoms with E-state index in [0.717, 1.165) is 6.92 Å². The van der Waals surface area contributed by atoms with Gasteiger partial charge in [-0.25, -0.2) is 44.8 Å². The molecule has 8 bridgehead atoms.